The molecular weight excluding hydrogens is 423 g/mol. The Morgan fingerprint density at radius 2 is 1.41 bits per heavy atom. The molecule has 2 aromatic carbocycles. The molecule has 3 nitrogen and oxygen atoms in total. The molecular formula is C24H30BBrN2O. The first-order valence-electron chi connectivity index (χ1n) is 10.1. The number of rotatable bonds is 3. The van der Waals surface area contributed by atoms with Gasteiger partial charge in [-0.25, -0.2) is 0 Å². The van der Waals surface area contributed by atoms with Crippen molar-refractivity contribution in [1.82, 2.24) is 4.81 Å². The molecule has 1 heterocycles. The fourth-order valence-corrected chi connectivity index (χ4v) is 4.58. The molecule has 0 amide bonds. The maximum absolute atomic E-state index is 6.48. The van der Waals surface area contributed by atoms with Gasteiger partial charge >= 0.3 is 5.87 Å². The van der Waals surface area contributed by atoms with Gasteiger partial charge in [0.2, 0.25) is 0 Å². The summed E-state index contributed by atoms with van der Waals surface area (Å²) in [5.74, 6) is 0.698. The maximum Gasteiger partial charge on any atom is 0.531 e. The summed E-state index contributed by atoms with van der Waals surface area (Å²) >= 11 is 3.76. The number of benzene rings is 2. The molecule has 1 saturated heterocycles. The van der Waals surface area contributed by atoms with Crippen molar-refractivity contribution in [3.8, 4) is 0 Å². The molecule has 1 aliphatic rings. The smallest absolute Gasteiger partial charge is 0.531 e. The summed E-state index contributed by atoms with van der Waals surface area (Å²) in [7, 11) is 0. The van der Waals surface area contributed by atoms with Crippen molar-refractivity contribution in [3.05, 3.63) is 77.5 Å². The number of aliphatic imine (C=N–C) groups is 1. The molecule has 0 spiro atoms. The van der Waals surface area contributed by atoms with E-state index in [1.165, 1.54) is 0 Å². The van der Waals surface area contributed by atoms with Crippen LogP contribution in [0.4, 0.5) is 0 Å². The van der Waals surface area contributed by atoms with Gasteiger partial charge in [0.25, 0.3) is 0 Å². The minimum Gasteiger partial charge on any atom is -0.538 e. The fourth-order valence-electron chi connectivity index (χ4n) is 3.51. The van der Waals surface area contributed by atoms with Gasteiger partial charge in [0.15, 0.2) is 0 Å². The van der Waals surface area contributed by atoms with Crippen molar-refractivity contribution in [2.75, 3.05) is 0 Å². The van der Waals surface area contributed by atoms with Gasteiger partial charge < -0.3 is 4.65 Å². The number of hydrogen-bond acceptors (Lipinski definition) is 3. The molecule has 0 bridgehead atoms. The highest BCUT2D eigenvalue weighted by Crippen LogP contribution is 2.39. The van der Waals surface area contributed by atoms with Crippen molar-refractivity contribution < 1.29 is 4.65 Å². The van der Waals surface area contributed by atoms with Gasteiger partial charge in [0.1, 0.15) is 5.76 Å². The second-order valence-electron chi connectivity index (χ2n) is 9.35. The first kappa shape index (κ1) is 21.9. The molecule has 1 aliphatic heterocycles. The molecule has 0 unspecified atom stereocenters. The van der Waals surface area contributed by atoms with E-state index in [1.54, 1.807) is 0 Å². The summed E-state index contributed by atoms with van der Waals surface area (Å²) in [6.07, 6.45) is 2.05. The topological polar surface area (TPSA) is 24.8 Å². The van der Waals surface area contributed by atoms with Gasteiger partial charge in [-0.1, -0.05) is 76.4 Å². The van der Waals surface area contributed by atoms with E-state index in [2.05, 4.69) is 111 Å². The van der Waals surface area contributed by atoms with Crippen LogP contribution in [0.5, 0.6) is 0 Å². The Labute approximate surface area is 184 Å². The van der Waals surface area contributed by atoms with E-state index in [0.717, 1.165) is 22.5 Å². The summed E-state index contributed by atoms with van der Waals surface area (Å²) in [4.78, 5) is 7.18. The molecule has 29 heavy (non-hydrogen) atoms. The van der Waals surface area contributed by atoms with E-state index >= 15 is 0 Å². The average Bonchev–Trinajstić information content (AvgIpc) is 2.98. The molecule has 152 valence electrons. The molecule has 0 radical (unpaired) electrons. The monoisotopic (exact) mass is 452 g/mol. The van der Waals surface area contributed by atoms with Gasteiger partial charge in [-0.2, -0.15) is 0 Å². The standard InChI is InChI=1S/C24H30BBrN2O/c1-23(2,3)27-17-20-22(29-25(26)28(20)24(4,5)6)21(18-13-9-7-10-14-18)19-15-11-8-12-16-19/h7-17,20H,1-6H3/t20-/m1/s1. The third kappa shape index (κ3) is 5.20. The predicted octanol–water partition coefficient (Wildman–Crippen LogP) is 6.19. The van der Waals surface area contributed by atoms with E-state index in [1.807, 2.05) is 18.3 Å². The van der Waals surface area contributed by atoms with Crippen LogP contribution in [-0.4, -0.2) is 34.0 Å². The molecule has 0 saturated carbocycles. The highest BCUT2D eigenvalue weighted by molar-refractivity contribution is 9.24. The highest BCUT2D eigenvalue weighted by atomic mass is 79.9. The summed E-state index contributed by atoms with van der Waals surface area (Å²) in [5.41, 5.74) is 3.12. The Morgan fingerprint density at radius 1 is 0.931 bits per heavy atom. The third-order valence-corrected chi connectivity index (χ3v) is 5.39. The van der Waals surface area contributed by atoms with Crippen LogP contribution in [0.1, 0.15) is 52.7 Å². The Hall–Kier alpha value is -1.85. The van der Waals surface area contributed by atoms with Crippen molar-refractivity contribution >= 4 is 33.4 Å². The first-order valence-corrected chi connectivity index (χ1v) is 11.0. The number of halogens is 1. The predicted molar refractivity (Wildman–Crippen MR) is 128 cm³/mol. The van der Waals surface area contributed by atoms with Gasteiger partial charge in [-0.3, -0.25) is 9.80 Å². The zero-order chi connectivity index (χ0) is 21.2. The Kier molecular flexibility index (Phi) is 6.40. The van der Waals surface area contributed by atoms with E-state index < -0.39 is 0 Å². The van der Waals surface area contributed by atoms with Crippen molar-refractivity contribution in [2.45, 2.75) is 58.7 Å². The highest BCUT2D eigenvalue weighted by Gasteiger charge is 2.48. The van der Waals surface area contributed by atoms with Crippen LogP contribution >= 0.6 is 15.8 Å². The van der Waals surface area contributed by atoms with Gasteiger partial charge in [0, 0.05) is 17.3 Å². The van der Waals surface area contributed by atoms with Crippen LogP contribution in [0, 0.1) is 0 Å². The second kappa shape index (κ2) is 8.49. The zero-order valence-electron chi connectivity index (χ0n) is 18.2. The lowest BCUT2D eigenvalue weighted by Crippen LogP contribution is -2.50. The van der Waals surface area contributed by atoms with Crippen molar-refractivity contribution in [3.63, 3.8) is 0 Å². The lowest BCUT2D eigenvalue weighted by molar-refractivity contribution is 0.257. The van der Waals surface area contributed by atoms with Crippen LogP contribution in [0.3, 0.4) is 0 Å². The number of nitrogens with zero attached hydrogens (tertiary/aromatic N) is 2. The minimum absolute atomic E-state index is 0.0750. The summed E-state index contributed by atoms with van der Waals surface area (Å²) in [6.45, 7) is 13.0. The molecule has 2 aromatic rings. The number of hydrogen-bond donors (Lipinski definition) is 0. The van der Waals surface area contributed by atoms with E-state index in [4.69, 9.17) is 9.65 Å². The van der Waals surface area contributed by atoms with Crippen LogP contribution < -0.4 is 0 Å². The SMILES string of the molecule is CC(C)(C)N=C[C@@H]1C(=C(c2ccccc2)c2ccccc2)OB(Br)N1C(C)(C)C. The Bertz CT molecular complexity index is 841. The minimum atomic E-state index is -0.226. The molecule has 0 N–H and O–H groups in total. The van der Waals surface area contributed by atoms with Gasteiger partial charge in [-0.05, 0) is 52.7 Å². The van der Waals surface area contributed by atoms with Crippen LogP contribution in [0.2, 0.25) is 0 Å². The average molecular weight is 453 g/mol. The molecule has 0 aromatic heterocycles. The molecule has 3 rings (SSSR count). The van der Waals surface area contributed by atoms with E-state index in [-0.39, 0.29) is 23.0 Å². The maximum atomic E-state index is 6.48. The van der Waals surface area contributed by atoms with Crippen LogP contribution in [0.15, 0.2) is 71.4 Å². The lowest BCUT2D eigenvalue weighted by atomic mass is 9.92. The largest absolute Gasteiger partial charge is 0.538 e. The van der Waals surface area contributed by atoms with Crippen molar-refractivity contribution in [2.24, 2.45) is 4.99 Å². The Morgan fingerprint density at radius 3 is 1.83 bits per heavy atom. The zero-order valence-corrected chi connectivity index (χ0v) is 19.8. The third-order valence-electron chi connectivity index (χ3n) is 4.76. The summed E-state index contributed by atoms with van der Waals surface area (Å²) in [5, 5.41) is 0. The van der Waals surface area contributed by atoms with E-state index in [0.29, 0.717) is 0 Å². The van der Waals surface area contributed by atoms with Crippen LogP contribution in [0.25, 0.3) is 5.57 Å². The van der Waals surface area contributed by atoms with Crippen molar-refractivity contribution in [1.29, 1.82) is 0 Å². The van der Waals surface area contributed by atoms with E-state index in [9.17, 15) is 0 Å². The first-order chi connectivity index (χ1) is 13.6. The van der Waals surface area contributed by atoms with Crippen LogP contribution in [-0.2, 0) is 4.65 Å². The summed E-state index contributed by atoms with van der Waals surface area (Å²) in [6, 6.07) is 20.8. The molecule has 5 heteroatoms. The van der Waals surface area contributed by atoms with Gasteiger partial charge in [0.05, 0.1) is 11.6 Å². The van der Waals surface area contributed by atoms with Gasteiger partial charge in [-0.15, -0.1) is 0 Å². The quantitative estimate of drug-likeness (QED) is 0.409. The second-order valence-corrected chi connectivity index (χ2v) is 10.1. The summed E-state index contributed by atoms with van der Waals surface area (Å²) < 4.78 is 6.48. The Balaban J connectivity index is 2.25. The normalized spacial score (nSPS) is 18.4. The fraction of sp³-hybridized carbons (Fsp3) is 0.375. The molecule has 0 aliphatic carbocycles. The lowest BCUT2D eigenvalue weighted by Gasteiger charge is -2.34. The molecule has 1 fully saturated rings. The molecule has 1 atom stereocenters.